The predicted molar refractivity (Wildman–Crippen MR) is 77.3 cm³/mol. The summed E-state index contributed by atoms with van der Waals surface area (Å²) in [5.74, 6) is -0.00704. The molecule has 3 nitrogen and oxygen atoms in total. The number of hydrogen-bond donors (Lipinski definition) is 1. The zero-order chi connectivity index (χ0) is 13.7. The Hall–Kier alpha value is -0.710. The zero-order valence-electron chi connectivity index (χ0n) is 10.6. The van der Waals surface area contributed by atoms with Gasteiger partial charge in [0.1, 0.15) is 0 Å². The van der Waals surface area contributed by atoms with E-state index < -0.39 is 5.97 Å². The summed E-state index contributed by atoms with van der Waals surface area (Å²) in [6.45, 7) is 0.900. The monoisotopic (exact) mass is 300 g/mol. The Morgan fingerprint density at radius 1 is 1.53 bits per heavy atom. The van der Waals surface area contributed by atoms with Gasteiger partial charge in [0.05, 0.1) is 16.7 Å². The predicted octanol–water partition coefficient (Wildman–Crippen LogP) is 4.09. The van der Waals surface area contributed by atoms with Crippen molar-refractivity contribution in [1.82, 2.24) is 0 Å². The number of rotatable bonds is 6. The van der Waals surface area contributed by atoms with Gasteiger partial charge in [-0.1, -0.05) is 11.6 Å². The molecule has 1 aliphatic heterocycles. The molecular formula is C14H17ClO3S. The topological polar surface area (TPSA) is 46.5 Å². The molecule has 0 aromatic heterocycles. The van der Waals surface area contributed by atoms with Gasteiger partial charge in [-0.3, -0.25) is 0 Å². The van der Waals surface area contributed by atoms with Crippen LogP contribution in [0, 0.1) is 0 Å². The van der Waals surface area contributed by atoms with Crippen LogP contribution in [0.2, 0.25) is 5.02 Å². The van der Waals surface area contributed by atoms with E-state index in [1.54, 1.807) is 23.9 Å². The van der Waals surface area contributed by atoms with E-state index in [2.05, 4.69) is 0 Å². The van der Waals surface area contributed by atoms with Gasteiger partial charge < -0.3 is 9.84 Å². The van der Waals surface area contributed by atoms with E-state index in [1.807, 2.05) is 6.07 Å². The summed E-state index contributed by atoms with van der Waals surface area (Å²) in [6, 6.07) is 5.15. The van der Waals surface area contributed by atoms with E-state index in [0.717, 1.165) is 30.1 Å². The molecule has 19 heavy (non-hydrogen) atoms. The van der Waals surface area contributed by atoms with E-state index in [0.29, 0.717) is 6.10 Å². The van der Waals surface area contributed by atoms with Crippen LogP contribution in [-0.2, 0) is 4.74 Å². The Labute approximate surface area is 122 Å². The summed E-state index contributed by atoms with van der Waals surface area (Å²) in [6.07, 6.45) is 4.96. The molecule has 0 saturated carbocycles. The smallest absolute Gasteiger partial charge is 0.337 e. The van der Waals surface area contributed by atoms with Crippen LogP contribution in [0.5, 0.6) is 0 Å². The van der Waals surface area contributed by atoms with Crippen LogP contribution in [0.4, 0.5) is 0 Å². The first-order valence-electron chi connectivity index (χ1n) is 6.44. The highest BCUT2D eigenvalue weighted by molar-refractivity contribution is 7.99. The van der Waals surface area contributed by atoms with E-state index >= 15 is 0 Å². The van der Waals surface area contributed by atoms with E-state index in [-0.39, 0.29) is 10.6 Å². The van der Waals surface area contributed by atoms with Gasteiger partial charge in [-0.2, -0.15) is 0 Å². The number of carbonyl (C=O) groups is 1. The Kier molecular flexibility index (Phi) is 5.55. The summed E-state index contributed by atoms with van der Waals surface area (Å²) in [4.78, 5) is 11.9. The maximum atomic E-state index is 11.0. The first kappa shape index (κ1) is 14.7. The van der Waals surface area contributed by atoms with Gasteiger partial charge >= 0.3 is 5.97 Å². The lowest BCUT2D eigenvalue weighted by Gasteiger charge is -2.08. The summed E-state index contributed by atoms with van der Waals surface area (Å²) < 4.78 is 5.57. The highest BCUT2D eigenvalue weighted by Gasteiger charge is 2.14. The highest BCUT2D eigenvalue weighted by atomic mass is 35.5. The standard InChI is InChI=1S/C14H17ClO3S/c15-13-6-5-11(9-12(13)14(16)17)19-8-2-4-10-3-1-7-18-10/h5-6,9-10H,1-4,7-8H2,(H,16,17). The molecule has 1 fully saturated rings. The second kappa shape index (κ2) is 7.17. The van der Waals surface area contributed by atoms with Crippen LogP contribution in [0.3, 0.4) is 0 Å². The average molecular weight is 301 g/mol. The van der Waals surface area contributed by atoms with Gasteiger partial charge in [-0.15, -0.1) is 11.8 Å². The molecule has 1 atom stereocenters. The molecule has 1 N–H and O–H groups in total. The van der Waals surface area contributed by atoms with Crippen LogP contribution in [-0.4, -0.2) is 29.5 Å². The lowest BCUT2D eigenvalue weighted by atomic mass is 10.1. The maximum Gasteiger partial charge on any atom is 0.337 e. The van der Waals surface area contributed by atoms with Gasteiger partial charge in [0.15, 0.2) is 0 Å². The lowest BCUT2D eigenvalue weighted by Crippen LogP contribution is -2.04. The minimum atomic E-state index is -0.980. The average Bonchev–Trinajstić information content (AvgIpc) is 2.89. The molecule has 0 radical (unpaired) electrons. The molecule has 1 aromatic carbocycles. The number of hydrogen-bond acceptors (Lipinski definition) is 3. The van der Waals surface area contributed by atoms with Gasteiger partial charge in [0.2, 0.25) is 0 Å². The summed E-state index contributed by atoms with van der Waals surface area (Å²) in [7, 11) is 0. The van der Waals surface area contributed by atoms with Gasteiger partial charge in [-0.25, -0.2) is 4.79 Å². The van der Waals surface area contributed by atoms with Crippen molar-refractivity contribution in [3.8, 4) is 0 Å². The molecule has 5 heteroatoms. The molecule has 2 rings (SSSR count). The van der Waals surface area contributed by atoms with Crippen molar-refractivity contribution in [3.63, 3.8) is 0 Å². The summed E-state index contributed by atoms with van der Waals surface area (Å²) in [5, 5.41) is 9.28. The number of benzene rings is 1. The van der Waals surface area contributed by atoms with Crippen molar-refractivity contribution in [2.24, 2.45) is 0 Å². The first-order valence-corrected chi connectivity index (χ1v) is 7.80. The first-order chi connectivity index (χ1) is 9.16. The number of carboxylic acid groups (broad SMARTS) is 1. The fourth-order valence-corrected chi connectivity index (χ4v) is 3.24. The fourth-order valence-electron chi connectivity index (χ4n) is 2.13. The summed E-state index contributed by atoms with van der Waals surface area (Å²) >= 11 is 7.50. The van der Waals surface area contributed by atoms with Crippen molar-refractivity contribution in [2.45, 2.75) is 36.7 Å². The molecule has 1 aliphatic rings. The third kappa shape index (κ3) is 4.41. The zero-order valence-corrected chi connectivity index (χ0v) is 12.2. The lowest BCUT2D eigenvalue weighted by molar-refractivity contribution is 0.0697. The van der Waals surface area contributed by atoms with Gasteiger partial charge in [-0.05, 0) is 49.6 Å². The van der Waals surface area contributed by atoms with Gasteiger partial charge in [0, 0.05) is 11.5 Å². The minimum Gasteiger partial charge on any atom is -0.478 e. The van der Waals surface area contributed by atoms with Crippen LogP contribution in [0.15, 0.2) is 23.1 Å². The Morgan fingerprint density at radius 2 is 2.37 bits per heavy atom. The van der Waals surface area contributed by atoms with Crippen molar-refractivity contribution in [2.75, 3.05) is 12.4 Å². The molecule has 0 aliphatic carbocycles. The third-order valence-corrected chi connectivity index (χ3v) is 4.54. The van der Waals surface area contributed by atoms with Crippen molar-refractivity contribution in [1.29, 1.82) is 0 Å². The van der Waals surface area contributed by atoms with E-state index in [1.165, 1.54) is 12.8 Å². The highest BCUT2D eigenvalue weighted by Crippen LogP contribution is 2.26. The molecule has 1 saturated heterocycles. The van der Waals surface area contributed by atoms with Crippen LogP contribution in [0.1, 0.15) is 36.0 Å². The van der Waals surface area contributed by atoms with Crippen LogP contribution in [0.25, 0.3) is 0 Å². The van der Waals surface area contributed by atoms with Crippen LogP contribution < -0.4 is 0 Å². The molecular weight excluding hydrogens is 284 g/mol. The Balaban J connectivity index is 1.79. The maximum absolute atomic E-state index is 11.0. The fraction of sp³-hybridized carbons (Fsp3) is 0.500. The molecule has 0 amide bonds. The van der Waals surface area contributed by atoms with Crippen molar-refractivity contribution < 1.29 is 14.6 Å². The molecule has 0 bridgehead atoms. The number of carboxylic acids is 1. The Bertz CT molecular complexity index is 444. The number of halogens is 1. The normalized spacial score (nSPS) is 18.7. The van der Waals surface area contributed by atoms with Crippen LogP contribution >= 0.6 is 23.4 Å². The molecule has 104 valence electrons. The quantitative estimate of drug-likeness (QED) is 0.635. The second-order valence-corrected chi connectivity index (χ2v) is 6.15. The summed E-state index contributed by atoms with van der Waals surface area (Å²) in [5.41, 5.74) is 0.172. The molecule has 0 spiro atoms. The Morgan fingerprint density at radius 3 is 3.05 bits per heavy atom. The number of thioether (sulfide) groups is 1. The largest absolute Gasteiger partial charge is 0.478 e. The van der Waals surface area contributed by atoms with Crippen molar-refractivity contribution >= 4 is 29.3 Å². The SMILES string of the molecule is O=C(O)c1cc(SCCCC2CCCO2)ccc1Cl. The van der Waals surface area contributed by atoms with E-state index in [4.69, 9.17) is 21.4 Å². The minimum absolute atomic E-state index is 0.172. The van der Waals surface area contributed by atoms with E-state index in [9.17, 15) is 4.79 Å². The van der Waals surface area contributed by atoms with Crippen molar-refractivity contribution in [3.05, 3.63) is 28.8 Å². The second-order valence-electron chi connectivity index (χ2n) is 4.57. The molecule has 1 unspecified atom stereocenters. The molecule has 1 heterocycles. The number of aromatic carboxylic acids is 1. The van der Waals surface area contributed by atoms with Gasteiger partial charge in [0.25, 0.3) is 0 Å². The number of ether oxygens (including phenoxy) is 1. The molecule has 1 aromatic rings. The third-order valence-electron chi connectivity index (χ3n) is 3.13.